The molecule has 0 aliphatic heterocycles. The summed E-state index contributed by atoms with van der Waals surface area (Å²) in [7, 11) is 0. The van der Waals surface area contributed by atoms with Crippen molar-refractivity contribution in [3.8, 4) is 67.5 Å². The summed E-state index contributed by atoms with van der Waals surface area (Å²) in [6, 6.07) is 54.9. The molecule has 1 aromatic heterocycles. The zero-order chi connectivity index (χ0) is 40.2. The van der Waals surface area contributed by atoms with Gasteiger partial charge in [0.1, 0.15) is 0 Å². The molecule has 1 heterocycles. The summed E-state index contributed by atoms with van der Waals surface area (Å²) < 4.78 is 74.9. The van der Waals surface area contributed by atoms with Crippen LogP contribution in [0.3, 0.4) is 0 Å². The lowest BCUT2D eigenvalue weighted by Crippen LogP contribution is -2.08. The van der Waals surface area contributed by atoms with E-state index >= 15 is 8.78 Å². The van der Waals surface area contributed by atoms with Crippen molar-refractivity contribution in [1.82, 2.24) is 15.0 Å². The molecule has 0 saturated carbocycles. The molecule has 0 radical (unpaired) electrons. The Morgan fingerprint density at radius 2 is 0.610 bits per heavy atom. The summed E-state index contributed by atoms with van der Waals surface area (Å²) in [5, 5.41) is 5.76. The first-order valence-electron chi connectivity index (χ1n) is 18.8. The van der Waals surface area contributed by atoms with Crippen LogP contribution in [-0.4, -0.2) is 15.0 Å². The number of fused-ring (bicyclic) bond motifs is 3. The van der Waals surface area contributed by atoms with Crippen molar-refractivity contribution in [2.75, 3.05) is 0 Å². The minimum absolute atomic E-state index is 0.0185. The van der Waals surface area contributed by atoms with Crippen LogP contribution in [-0.2, 0) is 0 Å². The molecule has 9 aromatic carbocycles. The van der Waals surface area contributed by atoms with Crippen LogP contribution in [0, 0.1) is 29.1 Å². The third-order valence-corrected chi connectivity index (χ3v) is 10.7. The highest BCUT2D eigenvalue weighted by Gasteiger charge is 2.30. The molecule has 0 aliphatic carbocycles. The molecule has 0 bridgehead atoms. The van der Waals surface area contributed by atoms with Crippen molar-refractivity contribution < 1.29 is 22.0 Å². The first-order chi connectivity index (χ1) is 28.9. The Bertz CT molecular complexity index is 3190. The van der Waals surface area contributed by atoms with Crippen molar-refractivity contribution in [2.45, 2.75) is 0 Å². The zero-order valence-electron chi connectivity index (χ0n) is 30.9. The molecule has 10 rings (SSSR count). The smallest absolute Gasteiger partial charge is 0.200 e. The van der Waals surface area contributed by atoms with Crippen LogP contribution in [0.4, 0.5) is 22.0 Å². The van der Waals surface area contributed by atoms with Crippen LogP contribution in [0.5, 0.6) is 0 Å². The lowest BCUT2D eigenvalue weighted by atomic mass is 9.84. The Kier molecular flexibility index (Phi) is 8.75. The average Bonchev–Trinajstić information content (AvgIpc) is 3.29. The lowest BCUT2D eigenvalue weighted by molar-refractivity contribution is 0.381. The fraction of sp³-hybridized carbons (Fsp3) is 0. The third kappa shape index (κ3) is 5.91. The van der Waals surface area contributed by atoms with Crippen molar-refractivity contribution >= 4 is 32.3 Å². The highest BCUT2D eigenvalue weighted by molar-refractivity contribution is 6.24. The summed E-state index contributed by atoms with van der Waals surface area (Å²) in [6.07, 6.45) is 0. The minimum Gasteiger partial charge on any atom is -0.208 e. The number of hydrogen-bond acceptors (Lipinski definition) is 3. The van der Waals surface area contributed by atoms with Crippen LogP contribution >= 0.6 is 0 Å². The maximum atomic E-state index is 15.6. The number of benzene rings is 9. The van der Waals surface area contributed by atoms with E-state index in [2.05, 4.69) is 46.4 Å². The maximum absolute atomic E-state index is 15.6. The predicted octanol–water partition coefficient (Wildman–Crippen LogP) is 14.0. The molecular weight excluding hydrogens is 750 g/mol. The largest absolute Gasteiger partial charge is 0.208 e. The fourth-order valence-electron chi connectivity index (χ4n) is 8.12. The molecule has 0 spiro atoms. The van der Waals surface area contributed by atoms with E-state index in [1.807, 2.05) is 121 Å². The SMILES string of the molecule is Fc1c(F)c(F)c(-c2nc(-c3ccccc3-c3ccccc3)nc(-c3ccc(-c4c5ccccc5c(-c5ccccc5)c5ccccc45)c4ccccc34)n2)c(F)c1F. The van der Waals surface area contributed by atoms with Crippen LogP contribution in [0.15, 0.2) is 170 Å². The molecule has 59 heavy (non-hydrogen) atoms. The van der Waals surface area contributed by atoms with E-state index in [0.29, 0.717) is 22.1 Å². The van der Waals surface area contributed by atoms with Gasteiger partial charge in [0.05, 0.1) is 5.56 Å². The van der Waals surface area contributed by atoms with Crippen LogP contribution in [0.2, 0.25) is 0 Å². The molecule has 0 amide bonds. The van der Waals surface area contributed by atoms with Gasteiger partial charge < -0.3 is 0 Å². The highest BCUT2D eigenvalue weighted by Crippen LogP contribution is 2.46. The minimum atomic E-state index is -2.27. The molecule has 8 heteroatoms. The summed E-state index contributed by atoms with van der Waals surface area (Å²) in [5.74, 6) is -11.3. The van der Waals surface area contributed by atoms with Crippen molar-refractivity contribution in [3.05, 3.63) is 199 Å². The van der Waals surface area contributed by atoms with E-state index in [9.17, 15) is 13.2 Å². The number of rotatable bonds is 6. The standard InChI is InChI=1S/C51H28F5N3/c52-44-43(45(53)47(55)48(56)46(44)54)51-58-49(39-26-14-7-19-31(39)29-15-3-1-4-16-29)57-50(59-51)40-28-27-38(32-20-8-9-21-33(32)40)42-36-24-12-10-22-34(36)41(30-17-5-2-6-18-30)35-23-11-13-25-37(35)42/h1-28H. The molecule has 10 aromatic rings. The zero-order valence-corrected chi connectivity index (χ0v) is 30.9. The Morgan fingerprint density at radius 3 is 1.17 bits per heavy atom. The van der Waals surface area contributed by atoms with Gasteiger partial charge in [0, 0.05) is 11.1 Å². The Labute approximate surface area is 334 Å². The van der Waals surface area contributed by atoms with Gasteiger partial charge in [0.2, 0.25) is 5.82 Å². The Hall–Kier alpha value is -7.58. The van der Waals surface area contributed by atoms with Gasteiger partial charge in [-0.15, -0.1) is 0 Å². The number of hydrogen-bond donors (Lipinski definition) is 0. The Balaban J connectivity index is 1.26. The highest BCUT2D eigenvalue weighted by atomic mass is 19.2. The van der Waals surface area contributed by atoms with E-state index in [4.69, 9.17) is 4.98 Å². The van der Waals surface area contributed by atoms with E-state index < -0.39 is 40.5 Å². The van der Waals surface area contributed by atoms with Crippen LogP contribution in [0.1, 0.15) is 0 Å². The van der Waals surface area contributed by atoms with E-state index in [0.717, 1.165) is 54.7 Å². The number of halogens is 5. The number of nitrogens with zero attached hydrogens (tertiary/aromatic N) is 3. The first kappa shape index (κ1) is 35.8. The monoisotopic (exact) mass is 777 g/mol. The summed E-state index contributed by atoms with van der Waals surface area (Å²) in [6.45, 7) is 0. The molecule has 0 atom stereocenters. The second-order valence-electron chi connectivity index (χ2n) is 14.1. The van der Waals surface area contributed by atoms with Crippen molar-refractivity contribution in [1.29, 1.82) is 0 Å². The van der Waals surface area contributed by atoms with Gasteiger partial charge in [-0.1, -0.05) is 164 Å². The van der Waals surface area contributed by atoms with Gasteiger partial charge in [0.15, 0.2) is 40.7 Å². The quantitative estimate of drug-likeness (QED) is 0.0730. The van der Waals surface area contributed by atoms with Gasteiger partial charge in [-0.3, -0.25) is 0 Å². The lowest BCUT2D eigenvalue weighted by Gasteiger charge is -2.19. The molecule has 0 aliphatic rings. The summed E-state index contributed by atoms with van der Waals surface area (Å²) >= 11 is 0. The molecular formula is C51H28F5N3. The molecule has 0 unspecified atom stereocenters. The molecule has 0 fully saturated rings. The van der Waals surface area contributed by atoms with E-state index in [-0.39, 0.29) is 11.6 Å². The van der Waals surface area contributed by atoms with Crippen LogP contribution < -0.4 is 0 Å². The first-order valence-corrected chi connectivity index (χ1v) is 18.8. The second kappa shape index (κ2) is 14.4. The van der Waals surface area contributed by atoms with Gasteiger partial charge in [-0.2, -0.15) is 0 Å². The molecule has 0 saturated heterocycles. The van der Waals surface area contributed by atoms with Crippen molar-refractivity contribution in [3.63, 3.8) is 0 Å². The second-order valence-corrected chi connectivity index (χ2v) is 14.1. The van der Waals surface area contributed by atoms with Gasteiger partial charge in [-0.25, -0.2) is 36.9 Å². The normalized spacial score (nSPS) is 11.5. The number of aromatic nitrogens is 3. The Morgan fingerprint density at radius 1 is 0.237 bits per heavy atom. The van der Waals surface area contributed by atoms with Gasteiger partial charge in [-0.05, 0) is 71.8 Å². The summed E-state index contributed by atoms with van der Waals surface area (Å²) in [5.41, 5.74) is 5.30. The maximum Gasteiger partial charge on any atom is 0.200 e. The van der Waals surface area contributed by atoms with Gasteiger partial charge in [0.25, 0.3) is 0 Å². The fourth-order valence-corrected chi connectivity index (χ4v) is 8.12. The van der Waals surface area contributed by atoms with E-state index in [1.54, 1.807) is 12.1 Å². The predicted molar refractivity (Wildman–Crippen MR) is 225 cm³/mol. The summed E-state index contributed by atoms with van der Waals surface area (Å²) in [4.78, 5) is 13.8. The molecule has 3 nitrogen and oxygen atoms in total. The van der Waals surface area contributed by atoms with E-state index in [1.165, 1.54) is 0 Å². The topological polar surface area (TPSA) is 38.7 Å². The van der Waals surface area contributed by atoms with Gasteiger partial charge >= 0.3 is 0 Å². The molecule has 0 N–H and O–H groups in total. The third-order valence-electron chi connectivity index (χ3n) is 10.7. The van der Waals surface area contributed by atoms with Crippen LogP contribution in [0.25, 0.3) is 99.9 Å². The average molecular weight is 778 g/mol. The molecule has 282 valence electrons. The van der Waals surface area contributed by atoms with Crippen molar-refractivity contribution in [2.24, 2.45) is 0 Å².